The summed E-state index contributed by atoms with van der Waals surface area (Å²) in [6, 6.07) is 5.36. The second-order valence-corrected chi connectivity index (χ2v) is 3.62. The van der Waals surface area contributed by atoms with Gasteiger partial charge in [-0.3, -0.25) is 4.79 Å². The molecule has 0 aromatic heterocycles. The van der Waals surface area contributed by atoms with Crippen LogP contribution < -0.4 is 0 Å². The van der Waals surface area contributed by atoms with Crippen LogP contribution >= 0.6 is 11.6 Å². The number of carboxylic acids is 1. The van der Waals surface area contributed by atoms with Gasteiger partial charge in [0, 0.05) is 5.02 Å². The smallest absolute Gasteiger partial charge is 0.396 e. The third kappa shape index (κ3) is 3.13. The molecule has 0 fully saturated rings. The van der Waals surface area contributed by atoms with Crippen molar-refractivity contribution in [2.75, 3.05) is 0 Å². The van der Waals surface area contributed by atoms with Crippen LogP contribution in [0.4, 0.5) is 13.2 Å². The first-order chi connectivity index (χ1) is 7.32. The number of hydrogen-bond donors (Lipinski definition) is 1. The van der Waals surface area contributed by atoms with E-state index in [9.17, 15) is 18.0 Å². The average molecular weight is 253 g/mol. The number of carboxylic acid groups (broad SMARTS) is 1. The van der Waals surface area contributed by atoms with Gasteiger partial charge in [-0.1, -0.05) is 29.8 Å². The van der Waals surface area contributed by atoms with E-state index < -0.39 is 24.5 Å². The zero-order valence-corrected chi connectivity index (χ0v) is 8.72. The molecule has 1 N–H and O–H groups in total. The number of rotatable bonds is 3. The van der Waals surface area contributed by atoms with Gasteiger partial charge in [-0.25, -0.2) is 0 Å². The van der Waals surface area contributed by atoms with E-state index in [0.717, 1.165) is 0 Å². The lowest BCUT2D eigenvalue weighted by Gasteiger charge is -2.19. The molecule has 0 saturated carbocycles. The molecule has 1 rings (SSSR count). The Bertz CT molecular complexity index is 390. The molecule has 0 heterocycles. The first-order valence-corrected chi connectivity index (χ1v) is 4.73. The monoisotopic (exact) mass is 252 g/mol. The maximum Gasteiger partial charge on any atom is 0.396 e. The zero-order chi connectivity index (χ0) is 12.3. The Morgan fingerprint density at radius 3 is 2.38 bits per heavy atom. The summed E-state index contributed by atoms with van der Waals surface area (Å²) in [5.41, 5.74) is -0.209. The molecular formula is C10H8ClF3O2. The number of benzene rings is 1. The lowest BCUT2D eigenvalue weighted by molar-refractivity contribution is -0.163. The van der Waals surface area contributed by atoms with Crippen LogP contribution in [0.2, 0.25) is 5.02 Å². The summed E-state index contributed by atoms with van der Waals surface area (Å²) in [5, 5.41) is 8.38. The van der Waals surface area contributed by atoms with Gasteiger partial charge < -0.3 is 5.11 Å². The molecule has 0 aliphatic carbocycles. The molecule has 1 unspecified atom stereocenters. The molecule has 0 spiro atoms. The molecule has 1 aromatic rings. The fraction of sp³-hybridized carbons (Fsp3) is 0.300. The quantitative estimate of drug-likeness (QED) is 0.894. The average Bonchev–Trinajstić information content (AvgIpc) is 2.13. The van der Waals surface area contributed by atoms with Gasteiger partial charge in [-0.15, -0.1) is 0 Å². The normalized spacial score (nSPS) is 13.5. The fourth-order valence-electron chi connectivity index (χ4n) is 1.33. The van der Waals surface area contributed by atoms with Gasteiger partial charge in [-0.05, 0) is 11.6 Å². The van der Waals surface area contributed by atoms with Gasteiger partial charge in [0.2, 0.25) is 0 Å². The van der Waals surface area contributed by atoms with Crippen molar-refractivity contribution in [3.05, 3.63) is 34.9 Å². The van der Waals surface area contributed by atoms with Crippen molar-refractivity contribution in [2.24, 2.45) is 0 Å². The molecule has 1 atom stereocenters. The SMILES string of the molecule is O=C(O)CC(c1ccccc1Cl)C(F)(F)F. The highest BCUT2D eigenvalue weighted by Crippen LogP contribution is 2.40. The van der Waals surface area contributed by atoms with Gasteiger partial charge >= 0.3 is 12.1 Å². The van der Waals surface area contributed by atoms with Gasteiger partial charge in [0.25, 0.3) is 0 Å². The van der Waals surface area contributed by atoms with Crippen molar-refractivity contribution in [1.29, 1.82) is 0 Å². The molecule has 0 amide bonds. The van der Waals surface area contributed by atoms with Crippen molar-refractivity contribution in [3.8, 4) is 0 Å². The van der Waals surface area contributed by atoms with Crippen molar-refractivity contribution in [3.63, 3.8) is 0 Å². The molecule has 0 radical (unpaired) electrons. The number of halogens is 4. The lowest BCUT2D eigenvalue weighted by atomic mass is 9.95. The third-order valence-corrected chi connectivity index (χ3v) is 2.40. The van der Waals surface area contributed by atoms with E-state index in [1.807, 2.05) is 0 Å². The van der Waals surface area contributed by atoms with Crippen LogP contribution in [0.15, 0.2) is 24.3 Å². The Balaban J connectivity index is 3.12. The largest absolute Gasteiger partial charge is 0.481 e. The Hall–Kier alpha value is -1.23. The zero-order valence-electron chi connectivity index (χ0n) is 7.96. The van der Waals surface area contributed by atoms with E-state index in [-0.39, 0.29) is 10.6 Å². The van der Waals surface area contributed by atoms with E-state index in [1.165, 1.54) is 24.3 Å². The molecule has 88 valence electrons. The second kappa shape index (κ2) is 4.74. The summed E-state index contributed by atoms with van der Waals surface area (Å²) in [5.74, 6) is -3.58. The lowest BCUT2D eigenvalue weighted by Crippen LogP contribution is -2.23. The molecule has 0 saturated heterocycles. The topological polar surface area (TPSA) is 37.3 Å². The van der Waals surface area contributed by atoms with Crippen LogP contribution in [0.1, 0.15) is 17.9 Å². The molecule has 0 aliphatic heterocycles. The van der Waals surface area contributed by atoms with Crippen molar-refractivity contribution in [2.45, 2.75) is 18.5 Å². The first kappa shape index (κ1) is 12.8. The van der Waals surface area contributed by atoms with E-state index in [0.29, 0.717) is 0 Å². The number of alkyl halides is 3. The standard InChI is InChI=1S/C10H8ClF3O2/c11-8-4-2-1-3-6(8)7(5-9(15)16)10(12,13)14/h1-4,7H,5H2,(H,15,16). The number of aliphatic carboxylic acids is 1. The maximum absolute atomic E-state index is 12.6. The minimum Gasteiger partial charge on any atom is -0.481 e. The van der Waals surface area contributed by atoms with Gasteiger partial charge in [-0.2, -0.15) is 13.2 Å². The minimum absolute atomic E-state index is 0.0777. The van der Waals surface area contributed by atoms with Crippen molar-refractivity contribution in [1.82, 2.24) is 0 Å². The number of hydrogen-bond acceptors (Lipinski definition) is 1. The van der Waals surface area contributed by atoms with Gasteiger partial charge in [0.15, 0.2) is 0 Å². The van der Waals surface area contributed by atoms with Crippen LogP contribution in [0, 0.1) is 0 Å². The van der Waals surface area contributed by atoms with Crippen LogP contribution in [-0.2, 0) is 4.79 Å². The second-order valence-electron chi connectivity index (χ2n) is 3.21. The minimum atomic E-state index is -4.62. The summed E-state index contributed by atoms with van der Waals surface area (Å²) >= 11 is 5.62. The van der Waals surface area contributed by atoms with E-state index in [2.05, 4.69) is 0 Å². The Kier molecular flexibility index (Phi) is 3.80. The number of carbonyl (C=O) groups is 1. The van der Waals surface area contributed by atoms with Gasteiger partial charge in [0.05, 0.1) is 12.3 Å². The van der Waals surface area contributed by atoms with Crippen LogP contribution in [0.3, 0.4) is 0 Å². The van der Waals surface area contributed by atoms with Crippen molar-refractivity contribution < 1.29 is 23.1 Å². The molecule has 16 heavy (non-hydrogen) atoms. The van der Waals surface area contributed by atoms with E-state index >= 15 is 0 Å². The summed E-state index contributed by atoms with van der Waals surface area (Å²) in [4.78, 5) is 10.4. The highest BCUT2D eigenvalue weighted by molar-refractivity contribution is 6.31. The highest BCUT2D eigenvalue weighted by atomic mass is 35.5. The summed E-state index contributed by atoms with van der Waals surface area (Å²) in [7, 11) is 0. The molecule has 0 aliphatic rings. The Labute approximate surface area is 94.6 Å². The van der Waals surface area contributed by atoms with Crippen LogP contribution in [0.25, 0.3) is 0 Å². The summed E-state index contributed by atoms with van der Waals surface area (Å²) < 4.78 is 37.9. The molecule has 0 bridgehead atoms. The van der Waals surface area contributed by atoms with Gasteiger partial charge in [0.1, 0.15) is 0 Å². The third-order valence-electron chi connectivity index (χ3n) is 2.05. The predicted molar refractivity (Wildman–Crippen MR) is 52.5 cm³/mol. The molecule has 2 nitrogen and oxygen atoms in total. The molecule has 1 aromatic carbocycles. The van der Waals surface area contributed by atoms with Crippen molar-refractivity contribution >= 4 is 17.6 Å². The highest BCUT2D eigenvalue weighted by Gasteiger charge is 2.42. The molecule has 6 heteroatoms. The maximum atomic E-state index is 12.6. The van der Waals surface area contributed by atoms with Crippen LogP contribution in [-0.4, -0.2) is 17.3 Å². The Morgan fingerprint density at radius 2 is 1.94 bits per heavy atom. The predicted octanol–water partition coefficient (Wildman–Crippen LogP) is 3.46. The molecular weight excluding hydrogens is 245 g/mol. The summed E-state index contributed by atoms with van der Waals surface area (Å²) in [6.45, 7) is 0. The van der Waals surface area contributed by atoms with Crippen LogP contribution in [0.5, 0.6) is 0 Å². The fourth-order valence-corrected chi connectivity index (χ4v) is 1.60. The summed E-state index contributed by atoms with van der Waals surface area (Å²) in [6.07, 6.45) is -5.64. The Morgan fingerprint density at radius 1 is 1.38 bits per heavy atom. The first-order valence-electron chi connectivity index (χ1n) is 4.35. The van der Waals surface area contributed by atoms with E-state index in [1.54, 1.807) is 0 Å². The van der Waals surface area contributed by atoms with E-state index in [4.69, 9.17) is 16.7 Å².